The molecule has 3 heteroatoms. The Morgan fingerprint density at radius 1 is 1.53 bits per heavy atom. The highest BCUT2D eigenvalue weighted by Gasteiger charge is 2.15. The molecule has 1 heterocycles. The molecule has 0 bridgehead atoms. The van der Waals surface area contributed by atoms with Crippen molar-refractivity contribution in [2.24, 2.45) is 0 Å². The van der Waals surface area contributed by atoms with Gasteiger partial charge in [0, 0.05) is 10.9 Å². The molecule has 1 N–H and O–H groups in total. The predicted octanol–water partition coefficient (Wildman–Crippen LogP) is 3.48. The van der Waals surface area contributed by atoms with Gasteiger partial charge >= 0.3 is 0 Å². The van der Waals surface area contributed by atoms with Gasteiger partial charge in [0.1, 0.15) is 0 Å². The Kier molecular flexibility index (Phi) is 5.38. The third-order valence-corrected chi connectivity index (χ3v) is 3.42. The number of hydrogen-bond donors (Lipinski definition) is 1. The summed E-state index contributed by atoms with van der Waals surface area (Å²) in [6.45, 7) is 4.22. The number of nitrogens with one attached hydrogen (secondary N) is 1. The molecular weight excluding hydrogens is 204 g/mol. The summed E-state index contributed by atoms with van der Waals surface area (Å²) in [5.41, 5.74) is 0. The molecule has 2 atom stereocenters. The predicted molar refractivity (Wildman–Crippen MR) is 64.8 cm³/mol. The molecule has 0 amide bonds. The van der Waals surface area contributed by atoms with Crippen LogP contribution in [0.5, 0.6) is 0 Å². The van der Waals surface area contributed by atoms with Gasteiger partial charge in [0.05, 0.1) is 12.1 Å². The highest BCUT2D eigenvalue weighted by atomic mass is 32.1. The summed E-state index contributed by atoms with van der Waals surface area (Å²) >= 11 is 1.76. The first-order chi connectivity index (χ1) is 7.31. The highest BCUT2D eigenvalue weighted by molar-refractivity contribution is 7.10. The summed E-state index contributed by atoms with van der Waals surface area (Å²) in [5, 5.41) is 14.4. The third kappa shape index (κ3) is 3.65. The molecule has 0 aliphatic heterocycles. The molecule has 0 saturated heterocycles. The van der Waals surface area contributed by atoms with Gasteiger partial charge in [0.25, 0.3) is 0 Å². The van der Waals surface area contributed by atoms with E-state index in [0.29, 0.717) is 6.04 Å². The van der Waals surface area contributed by atoms with Gasteiger partial charge in [-0.1, -0.05) is 26.3 Å². The van der Waals surface area contributed by atoms with Gasteiger partial charge in [0.15, 0.2) is 0 Å². The number of rotatable bonds is 6. The molecule has 2 nitrogen and oxygen atoms in total. The number of hydrogen-bond acceptors (Lipinski definition) is 3. The van der Waals surface area contributed by atoms with Crippen molar-refractivity contribution < 1.29 is 0 Å². The fraction of sp³-hybridized carbons (Fsp3) is 0.583. The SMILES string of the molecule is CCCC(NC(C#N)CC)c1cccs1. The quantitative estimate of drug-likeness (QED) is 0.800. The zero-order valence-corrected chi connectivity index (χ0v) is 10.2. The Morgan fingerprint density at radius 2 is 2.33 bits per heavy atom. The van der Waals surface area contributed by atoms with Crippen molar-refractivity contribution in [3.8, 4) is 6.07 Å². The molecule has 0 saturated carbocycles. The smallest absolute Gasteiger partial charge is 0.0955 e. The average molecular weight is 222 g/mol. The zero-order chi connectivity index (χ0) is 11.1. The molecule has 0 aliphatic rings. The van der Waals surface area contributed by atoms with E-state index in [1.165, 1.54) is 4.88 Å². The minimum Gasteiger partial charge on any atom is -0.294 e. The molecule has 1 aromatic rings. The minimum atomic E-state index is -0.0244. The van der Waals surface area contributed by atoms with E-state index in [2.05, 4.69) is 35.8 Å². The largest absolute Gasteiger partial charge is 0.294 e. The Bertz CT molecular complexity index is 300. The monoisotopic (exact) mass is 222 g/mol. The molecule has 0 spiro atoms. The second kappa shape index (κ2) is 6.60. The van der Waals surface area contributed by atoms with E-state index in [-0.39, 0.29) is 6.04 Å². The Balaban J connectivity index is 2.63. The van der Waals surface area contributed by atoms with Crippen LogP contribution < -0.4 is 5.32 Å². The van der Waals surface area contributed by atoms with E-state index < -0.39 is 0 Å². The van der Waals surface area contributed by atoms with Crippen LogP contribution in [0.2, 0.25) is 0 Å². The fourth-order valence-electron chi connectivity index (χ4n) is 1.58. The number of thiophene rings is 1. The van der Waals surface area contributed by atoms with Gasteiger partial charge in [-0.25, -0.2) is 0 Å². The second-order valence-corrected chi connectivity index (χ2v) is 4.59. The summed E-state index contributed by atoms with van der Waals surface area (Å²) in [4.78, 5) is 1.34. The first-order valence-electron chi connectivity index (χ1n) is 5.50. The molecule has 1 rings (SSSR count). The van der Waals surface area contributed by atoms with Crippen molar-refractivity contribution in [2.75, 3.05) is 0 Å². The van der Waals surface area contributed by atoms with E-state index in [1.807, 2.05) is 6.92 Å². The maximum absolute atomic E-state index is 8.93. The first-order valence-corrected chi connectivity index (χ1v) is 6.38. The molecular formula is C12H18N2S. The summed E-state index contributed by atoms with van der Waals surface area (Å²) in [6.07, 6.45) is 3.10. The Hall–Kier alpha value is -0.850. The van der Waals surface area contributed by atoms with Crippen LogP contribution in [0.1, 0.15) is 44.0 Å². The highest BCUT2D eigenvalue weighted by Crippen LogP contribution is 2.23. The Labute approximate surface area is 95.9 Å². The maximum Gasteiger partial charge on any atom is 0.0955 e. The molecule has 2 unspecified atom stereocenters. The summed E-state index contributed by atoms with van der Waals surface area (Å²) in [5.74, 6) is 0. The normalized spacial score (nSPS) is 14.5. The molecule has 82 valence electrons. The van der Waals surface area contributed by atoms with E-state index in [1.54, 1.807) is 11.3 Å². The first kappa shape index (κ1) is 12.2. The molecule has 0 aliphatic carbocycles. The van der Waals surface area contributed by atoms with Crippen LogP contribution in [-0.4, -0.2) is 6.04 Å². The van der Waals surface area contributed by atoms with Gasteiger partial charge in [-0.3, -0.25) is 5.32 Å². The molecule has 15 heavy (non-hydrogen) atoms. The Morgan fingerprint density at radius 3 is 2.80 bits per heavy atom. The van der Waals surface area contributed by atoms with Gasteiger partial charge in [0.2, 0.25) is 0 Å². The second-order valence-electron chi connectivity index (χ2n) is 3.61. The van der Waals surface area contributed by atoms with Gasteiger partial charge < -0.3 is 0 Å². The van der Waals surface area contributed by atoms with Crippen molar-refractivity contribution in [3.63, 3.8) is 0 Å². The van der Waals surface area contributed by atoms with Crippen LogP contribution in [0, 0.1) is 11.3 Å². The summed E-state index contributed by atoms with van der Waals surface area (Å²) in [7, 11) is 0. The lowest BCUT2D eigenvalue weighted by molar-refractivity contribution is 0.457. The van der Waals surface area contributed by atoms with Crippen LogP contribution in [0.4, 0.5) is 0 Å². The summed E-state index contributed by atoms with van der Waals surface area (Å²) < 4.78 is 0. The van der Waals surface area contributed by atoms with Crippen molar-refractivity contribution >= 4 is 11.3 Å². The maximum atomic E-state index is 8.93. The lowest BCUT2D eigenvalue weighted by atomic mass is 10.1. The number of nitrogens with zero attached hydrogens (tertiary/aromatic N) is 1. The molecule has 0 aromatic carbocycles. The molecule has 1 aromatic heterocycles. The lowest BCUT2D eigenvalue weighted by Crippen LogP contribution is -2.30. The standard InChI is InChI=1S/C12H18N2S/c1-3-6-11(12-7-5-8-15-12)14-10(4-2)9-13/h5,7-8,10-11,14H,3-4,6H2,1-2H3. The molecule has 0 fully saturated rings. The van der Waals surface area contributed by atoms with E-state index in [4.69, 9.17) is 5.26 Å². The van der Waals surface area contributed by atoms with E-state index in [0.717, 1.165) is 19.3 Å². The van der Waals surface area contributed by atoms with E-state index in [9.17, 15) is 0 Å². The van der Waals surface area contributed by atoms with Crippen LogP contribution in [0.3, 0.4) is 0 Å². The lowest BCUT2D eigenvalue weighted by Gasteiger charge is -2.19. The van der Waals surface area contributed by atoms with Gasteiger partial charge in [-0.05, 0) is 24.3 Å². The van der Waals surface area contributed by atoms with Gasteiger partial charge in [-0.15, -0.1) is 11.3 Å². The third-order valence-electron chi connectivity index (χ3n) is 2.43. The topological polar surface area (TPSA) is 35.8 Å². The van der Waals surface area contributed by atoms with Crippen LogP contribution in [0.25, 0.3) is 0 Å². The van der Waals surface area contributed by atoms with Crippen LogP contribution >= 0.6 is 11.3 Å². The average Bonchev–Trinajstić information content (AvgIpc) is 2.77. The van der Waals surface area contributed by atoms with Crippen molar-refractivity contribution in [1.29, 1.82) is 5.26 Å². The van der Waals surface area contributed by atoms with Gasteiger partial charge in [-0.2, -0.15) is 5.26 Å². The van der Waals surface area contributed by atoms with E-state index >= 15 is 0 Å². The fourth-order valence-corrected chi connectivity index (χ4v) is 2.40. The summed E-state index contributed by atoms with van der Waals surface area (Å²) in [6, 6.07) is 6.83. The minimum absolute atomic E-state index is 0.0244. The zero-order valence-electron chi connectivity index (χ0n) is 9.36. The molecule has 0 radical (unpaired) electrons. The number of nitriles is 1. The van der Waals surface area contributed by atoms with Crippen molar-refractivity contribution in [1.82, 2.24) is 5.32 Å². The van der Waals surface area contributed by atoms with Crippen molar-refractivity contribution in [3.05, 3.63) is 22.4 Å². The van der Waals surface area contributed by atoms with Crippen LogP contribution in [0.15, 0.2) is 17.5 Å². The van der Waals surface area contributed by atoms with Crippen molar-refractivity contribution in [2.45, 2.75) is 45.2 Å². The van der Waals surface area contributed by atoms with Crippen LogP contribution in [-0.2, 0) is 0 Å².